The van der Waals surface area contributed by atoms with E-state index in [0.29, 0.717) is 0 Å². The van der Waals surface area contributed by atoms with Gasteiger partial charge < -0.3 is 9.47 Å². The van der Waals surface area contributed by atoms with Gasteiger partial charge in [-0.15, -0.1) is 0 Å². The molecule has 0 spiro atoms. The molecule has 0 saturated carbocycles. The Balaban J connectivity index is 1.97. The normalized spacial score (nSPS) is 21.1. The second kappa shape index (κ2) is 4.98. The maximum absolute atomic E-state index is 12.0. The van der Waals surface area contributed by atoms with Crippen LogP contribution in [-0.4, -0.2) is 41.4 Å². The maximum Gasteiger partial charge on any atom is 0.358 e. The van der Waals surface area contributed by atoms with E-state index in [1.165, 1.54) is 6.92 Å². The van der Waals surface area contributed by atoms with Gasteiger partial charge in [0.05, 0.1) is 11.8 Å². The van der Waals surface area contributed by atoms with E-state index >= 15 is 0 Å². The summed E-state index contributed by atoms with van der Waals surface area (Å²) in [5.74, 6) is -1.88. The van der Waals surface area contributed by atoms with Gasteiger partial charge in [0.1, 0.15) is 11.7 Å². The molecule has 0 aromatic carbocycles. The number of esters is 2. The third kappa shape index (κ3) is 2.55. The summed E-state index contributed by atoms with van der Waals surface area (Å²) in [7, 11) is 0. The van der Waals surface area contributed by atoms with E-state index in [1.54, 1.807) is 20.8 Å². The summed E-state index contributed by atoms with van der Waals surface area (Å²) in [6, 6.07) is -0.572. The van der Waals surface area contributed by atoms with E-state index < -0.39 is 30.2 Å². The number of fused-ring (bicyclic) bond motifs is 1. The van der Waals surface area contributed by atoms with Crippen LogP contribution in [0.15, 0.2) is 11.3 Å². The average molecular weight is 295 g/mol. The van der Waals surface area contributed by atoms with E-state index in [2.05, 4.69) is 0 Å². The molecule has 1 amide bonds. The zero-order valence-corrected chi connectivity index (χ0v) is 12.4. The van der Waals surface area contributed by atoms with Gasteiger partial charge >= 0.3 is 11.9 Å². The first-order chi connectivity index (χ1) is 9.64. The Kier molecular flexibility index (Phi) is 3.61. The lowest BCUT2D eigenvalue weighted by atomic mass is 9.98. The highest BCUT2D eigenvalue weighted by molar-refractivity contribution is 6.17. The topological polar surface area (TPSA) is 90.0 Å². The van der Waals surface area contributed by atoms with E-state index in [9.17, 15) is 19.2 Å². The highest BCUT2D eigenvalue weighted by atomic mass is 16.7. The summed E-state index contributed by atoms with van der Waals surface area (Å²) >= 11 is 0. The molecular formula is C14H17NO6. The maximum atomic E-state index is 12.0. The van der Waals surface area contributed by atoms with Crippen LogP contribution in [0, 0.1) is 5.41 Å². The summed E-state index contributed by atoms with van der Waals surface area (Å²) < 4.78 is 9.64. The quantitative estimate of drug-likeness (QED) is 0.429. The fourth-order valence-electron chi connectivity index (χ4n) is 2.13. The van der Waals surface area contributed by atoms with Crippen LogP contribution in [0.5, 0.6) is 0 Å². The standard InChI is InChI=1S/C14H17NO6/c1-7-10(15-8(11(7)17)5-9(15)16)12(18)20-6-21-13(19)14(2,3)4/h8H,5-6H2,1-4H3/t8-/m0/s1. The SMILES string of the molecule is CC1=C(C(=O)OCOC(=O)C(C)(C)C)N2C(=O)C[C@H]2C1=O. The molecule has 0 aromatic heterocycles. The summed E-state index contributed by atoms with van der Waals surface area (Å²) in [6.45, 7) is 5.94. The van der Waals surface area contributed by atoms with Gasteiger partial charge in [0, 0.05) is 5.57 Å². The molecule has 0 aliphatic carbocycles. The Bertz CT molecular complexity index is 569. The molecule has 0 bridgehead atoms. The van der Waals surface area contributed by atoms with Gasteiger partial charge in [0.2, 0.25) is 12.7 Å². The summed E-state index contributed by atoms with van der Waals surface area (Å²) in [5.41, 5.74) is -0.547. The molecular weight excluding hydrogens is 278 g/mol. The molecule has 7 nitrogen and oxygen atoms in total. The highest BCUT2D eigenvalue weighted by Crippen LogP contribution is 2.36. The number of hydrogen-bond acceptors (Lipinski definition) is 6. The minimum absolute atomic E-state index is 0.0481. The zero-order chi connectivity index (χ0) is 15.9. The number of carbonyl (C=O) groups is 4. The number of carbonyl (C=O) groups excluding carboxylic acids is 4. The summed E-state index contributed by atoms with van der Waals surface area (Å²) in [4.78, 5) is 47.9. The van der Waals surface area contributed by atoms with Crippen molar-refractivity contribution < 1.29 is 28.7 Å². The van der Waals surface area contributed by atoms with Gasteiger partial charge in [0.15, 0.2) is 5.78 Å². The van der Waals surface area contributed by atoms with E-state index in [-0.39, 0.29) is 29.4 Å². The smallest absolute Gasteiger partial charge is 0.358 e. The number of β-lactam (4-membered cyclic amide) rings is 1. The highest BCUT2D eigenvalue weighted by Gasteiger charge is 2.52. The second-order valence-electron chi connectivity index (χ2n) is 6.05. The van der Waals surface area contributed by atoms with Crippen molar-refractivity contribution in [3.63, 3.8) is 0 Å². The lowest BCUT2D eigenvalue weighted by Gasteiger charge is -2.34. The molecule has 2 rings (SSSR count). The number of ketones is 1. The summed E-state index contributed by atoms with van der Waals surface area (Å²) in [6.07, 6.45) is 0.117. The second-order valence-corrected chi connectivity index (χ2v) is 6.05. The van der Waals surface area contributed by atoms with Crippen LogP contribution < -0.4 is 0 Å². The molecule has 2 heterocycles. The average Bonchev–Trinajstić information content (AvgIpc) is 2.57. The van der Waals surface area contributed by atoms with Gasteiger partial charge in [0.25, 0.3) is 0 Å². The molecule has 1 atom stereocenters. The first kappa shape index (κ1) is 15.2. The van der Waals surface area contributed by atoms with Crippen LogP contribution in [0.4, 0.5) is 0 Å². The molecule has 0 aromatic rings. The number of Topliss-reactive ketones (excluding diaryl/α,β-unsaturated/α-hetero) is 1. The van der Waals surface area contributed by atoms with Crippen molar-refractivity contribution in [3.05, 3.63) is 11.3 Å². The molecule has 0 unspecified atom stereocenters. The molecule has 7 heteroatoms. The van der Waals surface area contributed by atoms with Crippen molar-refractivity contribution >= 4 is 23.6 Å². The van der Waals surface area contributed by atoms with Crippen molar-refractivity contribution in [3.8, 4) is 0 Å². The molecule has 114 valence electrons. The Morgan fingerprint density at radius 2 is 1.86 bits per heavy atom. The molecule has 0 N–H and O–H groups in total. The first-order valence-electron chi connectivity index (χ1n) is 6.56. The van der Waals surface area contributed by atoms with E-state index in [0.717, 1.165) is 4.90 Å². The zero-order valence-electron chi connectivity index (χ0n) is 12.4. The lowest BCUT2D eigenvalue weighted by Crippen LogP contribution is -2.52. The number of ether oxygens (including phenoxy) is 2. The first-order valence-corrected chi connectivity index (χ1v) is 6.56. The number of hydrogen-bond donors (Lipinski definition) is 0. The Hall–Kier alpha value is -2.18. The van der Waals surface area contributed by atoms with Crippen LogP contribution >= 0.6 is 0 Å². The molecule has 21 heavy (non-hydrogen) atoms. The van der Waals surface area contributed by atoms with Crippen molar-refractivity contribution in [1.29, 1.82) is 0 Å². The summed E-state index contributed by atoms with van der Waals surface area (Å²) in [5, 5.41) is 0. The van der Waals surface area contributed by atoms with Crippen LogP contribution in [0.25, 0.3) is 0 Å². The van der Waals surface area contributed by atoms with E-state index in [1.807, 2.05) is 0 Å². The number of nitrogens with zero attached hydrogens (tertiary/aromatic N) is 1. The van der Waals surface area contributed by atoms with Gasteiger partial charge in [-0.2, -0.15) is 0 Å². The molecule has 0 radical (unpaired) electrons. The minimum Gasteiger partial charge on any atom is -0.427 e. The van der Waals surface area contributed by atoms with Crippen molar-refractivity contribution in [2.24, 2.45) is 5.41 Å². The minimum atomic E-state index is -0.835. The molecule has 1 saturated heterocycles. The Morgan fingerprint density at radius 1 is 1.24 bits per heavy atom. The fraction of sp³-hybridized carbons (Fsp3) is 0.571. The van der Waals surface area contributed by atoms with Crippen LogP contribution in [0.1, 0.15) is 34.1 Å². The fourth-order valence-corrected chi connectivity index (χ4v) is 2.13. The van der Waals surface area contributed by atoms with Crippen molar-refractivity contribution in [2.45, 2.75) is 40.2 Å². The van der Waals surface area contributed by atoms with Gasteiger partial charge in [-0.3, -0.25) is 19.3 Å². The number of amides is 1. The number of rotatable bonds is 3. The molecule has 2 aliphatic rings. The van der Waals surface area contributed by atoms with Crippen molar-refractivity contribution in [2.75, 3.05) is 6.79 Å². The third-order valence-electron chi connectivity index (χ3n) is 3.40. The third-order valence-corrected chi connectivity index (χ3v) is 3.40. The molecule has 2 aliphatic heterocycles. The Morgan fingerprint density at radius 3 is 2.38 bits per heavy atom. The predicted molar refractivity (Wildman–Crippen MR) is 69.5 cm³/mol. The van der Waals surface area contributed by atoms with Gasteiger partial charge in [-0.05, 0) is 27.7 Å². The lowest BCUT2D eigenvalue weighted by molar-refractivity contribution is -0.173. The van der Waals surface area contributed by atoms with Crippen LogP contribution in [0.2, 0.25) is 0 Å². The monoisotopic (exact) mass is 295 g/mol. The van der Waals surface area contributed by atoms with Gasteiger partial charge in [-0.25, -0.2) is 4.79 Å². The predicted octanol–water partition coefficient (Wildman–Crippen LogP) is 0.534. The van der Waals surface area contributed by atoms with Crippen LogP contribution in [-0.2, 0) is 28.7 Å². The van der Waals surface area contributed by atoms with Crippen LogP contribution in [0.3, 0.4) is 0 Å². The van der Waals surface area contributed by atoms with Crippen molar-refractivity contribution in [1.82, 2.24) is 4.90 Å². The van der Waals surface area contributed by atoms with E-state index in [4.69, 9.17) is 9.47 Å². The van der Waals surface area contributed by atoms with Gasteiger partial charge in [-0.1, -0.05) is 0 Å². The Labute approximate surface area is 121 Å². The molecule has 1 fully saturated rings. The largest absolute Gasteiger partial charge is 0.427 e.